The summed E-state index contributed by atoms with van der Waals surface area (Å²) < 4.78 is 73.5. The van der Waals surface area contributed by atoms with Gasteiger partial charge in [-0.25, -0.2) is 12.8 Å². The zero-order valence-electron chi connectivity index (χ0n) is 18.1. The van der Waals surface area contributed by atoms with Crippen LogP contribution in [0, 0.1) is 5.82 Å². The lowest BCUT2D eigenvalue weighted by atomic mass is 9.96. The Hall–Kier alpha value is -2.05. The van der Waals surface area contributed by atoms with Crippen LogP contribution in [-0.4, -0.2) is 69.2 Å². The van der Waals surface area contributed by atoms with Gasteiger partial charge in [0.25, 0.3) is 10.2 Å². The largest absolute Gasteiger partial charge is 0.492 e. The van der Waals surface area contributed by atoms with Crippen LogP contribution in [0.5, 0.6) is 5.75 Å². The van der Waals surface area contributed by atoms with Gasteiger partial charge in [0, 0.05) is 32.1 Å². The Kier molecular flexibility index (Phi) is 7.06. The van der Waals surface area contributed by atoms with Gasteiger partial charge in [-0.15, -0.1) is 0 Å². The Labute approximate surface area is 194 Å². The number of nitrogens with two attached hydrogens (primary N) is 1. The normalized spacial score (nSPS) is 24.1. The zero-order valence-corrected chi connectivity index (χ0v) is 19.8. The van der Waals surface area contributed by atoms with Crippen molar-refractivity contribution in [2.75, 3.05) is 37.7 Å². The molecule has 2 fully saturated rings. The molecule has 0 saturated carbocycles. The fraction of sp³-hybridized carbons (Fsp3) is 0.455. The first-order valence-electron chi connectivity index (χ1n) is 10.8. The van der Waals surface area contributed by atoms with E-state index in [1.54, 1.807) is 30.3 Å². The summed E-state index contributed by atoms with van der Waals surface area (Å²) >= 11 is 0. The highest BCUT2D eigenvalue weighted by Crippen LogP contribution is 2.36. The molecule has 2 atom stereocenters. The fourth-order valence-electron chi connectivity index (χ4n) is 4.38. The summed E-state index contributed by atoms with van der Waals surface area (Å²) in [7, 11) is -7.19. The lowest BCUT2D eigenvalue weighted by Gasteiger charge is -2.32. The van der Waals surface area contributed by atoms with Gasteiger partial charge < -0.3 is 10.5 Å². The van der Waals surface area contributed by atoms with Gasteiger partial charge in [0.05, 0.1) is 17.5 Å². The molecule has 2 aromatic carbocycles. The van der Waals surface area contributed by atoms with Gasteiger partial charge in [-0.3, -0.25) is 0 Å². The molecular weight excluding hydrogens is 469 g/mol. The third-order valence-electron chi connectivity index (χ3n) is 6.21. The quantitative estimate of drug-likeness (QED) is 0.621. The molecule has 0 aliphatic carbocycles. The molecule has 0 bridgehead atoms. The van der Waals surface area contributed by atoms with Gasteiger partial charge in [0.15, 0.2) is 9.84 Å². The highest BCUT2D eigenvalue weighted by atomic mass is 32.2. The van der Waals surface area contributed by atoms with Gasteiger partial charge in [0.1, 0.15) is 18.2 Å². The number of hydrogen-bond donors (Lipinski definition) is 1. The summed E-state index contributed by atoms with van der Waals surface area (Å²) in [6.45, 7) is 0.372. The van der Waals surface area contributed by atoms with Crippen molar-refractivity contribution in [2.24, 2.45) is 5.73 Å². The standard InChI is InChI=1S/C22H28FN3O5S2/c23-22-7-2-1-6-21(22)18-13-19(16-31-20-5-3-4-17(12-20)14-24)26(15-18)33(29,30)25-8-10-32(27,28)11-9-25/h1-7,12,18-19H,8-11,13-16,24H2/t18-,19-/m1/s1. The van der Waals surface area contributed by atoms with Crippen LogP contribution in [0.25, 0.3) is 0 Å². The monoisotopic (exact) mass is 497 g/mol. The zero-order chi connectivity index (χ0) is 23.6. The molecule has 4 rings (SSSR count). The second-order valence-corrected chi connectivity index (χ2v) is 12.6. The Bertz CT molecular complexity index is 1190. The number of benzene rings is 2. The molecular formula is C22H28FN3O5S2. The number of hydrogen-bond acceptors (Lipinski definition) is 6. The van der Waals surface area contributed by atoms with Crippen LogP contribution < -0.4 is 10.5 Å². The van der Waals surface area contributed by atoms with Crippen molar-refractivity contribution in [1.29, 1.82) is 0 Å². The molecule has 8 nitrogen and oxygen atoms in total. The van der Waals surface area contributed by atoms with E-state index in [2.05, 4.69) is 0 Å². The van der Waals surface area contributed by atoms with Crippen LogP contribution in [0.15, 0.2) is 48.5 Å². The van der Waals surface area contributed by atoms with E-state index in [0.29, 0.717) is 24.3 Å². The van der Waals surface area contributed by atoms with Crippen molar-refractivity contribution in [2.45, 2.75) is 24.9 Å². The first-order chi connectivity index (χ1) is 15.7. The van der Waals surface area contributed by atoms with E-state index >= 15 is 0 Å². The predicted molar refractivity (Wildman–Crippen MR) is 123 cm³/mol. The molecule has 11 heteroatoms. The molecule has 33 heavy (non-hydrogen) atoms. The second-order valence-electron chi connectivity index (χ2n) is 8.40. The first kappa shape index (κ1) is 24.1. The highest BCUT2D eigenvalue weighted by Gasteiger charge is 2.44. The average molecular weight is 498 g/mol. The molecule has 2 aliphatic rings. The minimum absolute atomic E-state index is 0.0857. The maximum absolute atomic E-state index is 14.5. The van der Waals surface area contributed by atoms with E-state index in [9.17, 15) is 21.2 Å². The van der Waals surface area contributed by atoms with Crippen LogP contribution in [0.4, 0.5) is 4.39 Å². The van der Waals surface area contributed by atoms with Crippen molar-refractivity contribution in [3.05, 3.63) is 65.5 Å². The smallest absolute Gasteiger partial charge is 0.282 e. The van der Waals surface area contributed by atoms with Crippen LogP contribution in [0.2, 0.25) is 0 Å². The summed E-state index contributed by atoms with van der Waals surface area (Å²) in [5.74, 6) is -0.540. The van der Waals surface area contributed by atoms with Crippen molar-refractivity contribution in [3.63, 3.8) is 0 Å². The number of nitrogens with zero attached hydrogens (tertiary/aromatic N) is 2. The van der Waals surface area contributed by atoms with E-state index in [-0.39, 0.29) is 49.5 Å². The molecule has 180 valence electrons. The number of ether oxygens (including phenoxy) is 1. The molecule has 2 aliphatic heterocycles. The van der Waals surface area contributed by atoms with Crippen LogP contribution in [0.3, 0.4) is 0 Å². The molecule has 0 aromatic heterocycles. The molecule has 0 radical (unpaired) electrons. The Morgan fingerprint density at radius 2 is 1.82 bits per heavy atom. The van der Waals surface area contributed by atoms with E-state index in [1.807, 2.05) is 12.1 Å². The first-order valence-corrected chi connectivity index (χ1v) is 14.0. The summed E-state index contributed by atoms with van der Waals surface area (Å²) in [5, 5.41) is 0. The summed E-state index contributed by atoms with van der Waals surface area (Å²) in [4.78, 5) is 0. The third kappa shape index (κ3) is 5.38. The fourth-order valence-corrected chi connectivity index (χ4v) is 7.65. The van der Waals surface area contributed by atoms with Crippen LogP contribution >= 0.6 is 0 Å². The maximum atomic E-state index is 14.5. The minimum atomic E-state index is -3.95. The van der Waals surface area contributed by atoms with E-state index in [0.717, 1.165) is 5.56 Å². The van der Waals surface area contributed by atoms with E-state index in [4.69, 9.17) is 10.5 Å². The summed E-state index contributed by atoms with van der Waals surface area (Å²) in [5.41, 5.74) is 7.04. The molecule has 0 amide bonds. The van der Waals surface area contributed by atoms with Crippen molar-refractivity contribution in [3.8, 4) is 5.75 Å². The van der Waals surface area contributed by atoms with Gasteiger partial charge in [-0.1, -0.05) is 30.3 Å². The number of rotatable bonds is 7. The predicted octanol–water partition coefficient (Wildman–Crippen LogP) is 1.50. The lowest BCUT2D eigenvalue weighted by Crippen LogP contribution is -2.52. The van der Waals surface area contributed by atoms with Gasteiger partial charge in [0.2, 0.25) is 0 Å². The average Bonchev–Trinajstić information content (AvgIpc) is 3.23. The second kappa shape index (κ2) is 9.67. The van der Waals surface area contributed by atoms with Crippen molar-refractivity contribution < 1.29 is 26.0 Å². The number of sulfone groups is 1. The SMILES string of the molecule is NCc1cccc(OC[C@H]2C[C@@H](c3ccccc3F)CN2S(=O)(=O)N2CCS(=O)(=O)CC2)c1. The summed E-state index contributed by atoms with van der Waals surface area (Å²) in [6.07, 6.45) is 0.392. The van der Waals surface area contributed by atoms with Gasteiger partial charge >= 0.3 is 0 Å². The molecule has 2 aromatic rings. The van der Waals surface area contributed by atoms with Crippen LogP contribution in [-0.2, 0) is 26.6 Å². The summed E-state index contributed by atoms with van der Waals surface area (Å²) in [6, 6.07) is 13.1. The molecule has 0 spiro atoms. The van der Waals surface area contributed by atoms with E-state index in [1.165, 1.54) is 14.7 Å². The molecule has 2 saturated heterocycles. The maximum Gasteiger partial charge on any atom is 0.282 e. The van der Waals surface area contributed by atoms with Crippen LogP contribution in [0.1, 0.15) is 23.5 Å². The van der Waals surface area contributed by atoms with Gasteiger partial charge in [-0.05, 0) is 35.7 Å². The van der Waals surface area contributed by atoms with Gasteiger partial charge in [-0.2, -0.15) is 17.0 Å². The molecule has 2 N–H and O–H groups in total. The minimum Gasteiger partial charge on any atom is -0.492 e. The Morgan fingerprint density at radius 1 is 1.09 bits per heavy atom. The van der Waals surface area contributed by atoms with E-state index < -0.39 is 26.1 Å². The Morgan fingerprint density at radius 3 is 2.52 bits per heavy atom. The topological polar surface area (TPSA) is 110 Å². The van der Waals surface area contributed by atoms with Crippen molar-refractivity contribution in [1.82, 2.24) is 8.61 Å². The molecule has 0 unspecified atom stereocenters. The van der Waals surface area contributed by atoms with Crippen molar-refractivity contribution >= 4 is 20.0 Å². The number of halogens is 1. The third-order valence-corrected chi connectivity index (χ3v) is 9.88. The highest BCUT2D eigenvalue weighted by molar-refractivity contribution is 7.91. The molecule has 2 heterocycles. The Balaban J connectivity index is 1.57. The lowest BCUT2D eigenvalue weighted by molar-refractivity contribution is 0.224.